The SMILES string of the molecule is O=C(O)c1ccccc1/C=N/Oc1ccccc1C(F)(F)F. The van der Waals surface area contributed by atoms with Gasteiger partial charge in [-0.1, -0.05) is 35.5 Å². The van der Waals surface area contributed by atoms with Gasteiger partial charge in [-0.25, -0.2) is 4.79 Å². The first-order valence-electron chi connectivity index (χ1n) is 6.08. The third-order valence-corrected chi connectivity index (χ3v) is 2.73. The predicted octanol–water partition coefficient (Wildman–Crippen LogP) is 3.82. The molecule has 0 spiro atoms. The van der Waals surface area contributed by atoms with E-state index in [0.29, 0.717) is 0 Å². The van der Waals surface area contributed by atoms with Crippen LogP contribution in [0.2, 0.25) is 0 Å². The molecular formula is C15H10F3NO3. The van der Waals surface area contributed by atoms with Crippen molar-refractivity contribution in [3.8, 4) is 5.75 Å². The van der Waals surface area contributed by atoms with E-state index in [-0.39, 0.29) is 11.1 Å². The van der Waals surface area contributed by atoms with E-state index in [0.717, 1.165) is 18.3 Å². The van der Waals surface area contributed by atoms with Gasteiger partial charge in [-0.3, -0.25) is 0 Å². The van der Waals surface area contributed by atoms with Gasteiger partial charge < -0.3 is 9.94 Å². The summed E-state index contributed by atoms with van der Waals surface area (Å²) < 4.78 is 38.3. The summed E-state index contributed by atoms with van der Waals surface area (Å²) in [4.78, 5) is 15.7. The maximum Gasteiger partial charge on any atom is 0.420 e. The number of carboxylic acids is 1. The molecule has 0 amide bonds. The van der Waals surface area contributed by atoms with Crippen LogP contribution in [0.1, 0.15) is 21.5 Å². The number of aromatic carboxylic acids is 1. The van der Waals surface area contributed by atoms with Crippen molar-refractivity contribution in [3.63, 3.8) is 0 Å². The molecule has 0 aromatic heterocycles. The minimum Gasteiger partial charge on any atom is -0.478 e. The van der Waals surface area contributed by atoms with Gasteiger partial charge in [0.2, 0.25) is 0 Å². The summed E-state index contributed by atoms with van der Waals surface area (Å²) in [5.41, 5.74) is -0.767. The van der Waals surface area contributed by atoms with Gasteiger partial charge in [0, 0.05) is 5.56 Å². The molecule has 7 heteroatoms. The van der Waals surface area contributed by atoms with E-state index in [1.54, 1.807) is 6.07 Å². The molecule has 0 unspecified atom stereocenters. The number of hydrogen-bond donors (Lipinski definition) is 1. The average Bonchev–Trinajstić information content (AvgIpc) is 2.47. The number of hydrogen-bond acceptors (Lipinski definition) is 3. The van der Waals surface area contributed by atoms with Crippen molar-refractivity contribution < 1.29 is 27.9 Å². The van der Waals surface area contributed by atoms with E-state index in [4.69, 9.17) is 9.94 Å². The Labute approximate surface area is 123 Å². The van der Waals surface area contributed by atoms with Crippen LogP contribution in [0.5, 0.6) is 5.75 Å². The molecule has 0 saturated carbocycles. The Balaban J connectivity index is 2.23. The smallest absolute Gasteiger partial charge is 0.420 e. The van der Waals surface area contributed by atoms with E-state index in [1.807, 2.05) is 0 Å². The Bertz CT molecular complexity index is 711. The normalized spacial score (nSPS) is 11.6. The van der Waals surface area contributed by atoms with Gasteiger partial charge >= 0.3 is 12.1 Å². The van der Waals surface area contributed by atoms with Crippen LogP contribution in [-0.2, 0) is 6.18 Å². The molecule has 0 atom stereocenters. The standard InChI is InChI=1S/C15H10F3NO3/c16-15(17,18)12-7-3-4-8-13(12)22-19-9-10-5-1-2-6-11(10)14(20)21/h1-9H,(H,20,21)/b19-9+. The Hall–Kier alpha value is -2.83. The fourth-order valence-corrected chi connectivity index (χ4v) is 1.72. The summed E-state index contributed by atoms with van der Waals surface area (Å²) in [7, 11) is 0. The lowest BCUT2D eigenvalue weighted by Crippen LogP contribution is -2.07. The van der Waals surface area contributed by atoms with Gasteiger partial charge in [0.1, 0.15) is 5.56 Å². The molecule has 2 aromatic carbocycles. The van der Waals surface area contributed by atoms with Crippen LogP contribution < -0.4 is 4.84 Å². The first-order valence-corrected chi connectivity index (χ1v) is 6.08. The molecule has 0 saturated heterocycles. The Kier molecular flexibility index (Phi) is 4.45. The third-order valence-electron chi connectivity index (χ3n) is 2.73. The number of benzene rings is 2. The van der Waals surface area contributed by atoms with E-state index in [2.05, 4.69) is 5.16 Å². The first-order chi connectivity index (χ1) is 10.4. The van der Waals surface area contributed by atoms with Gasteiger partial charge in [0.15, 0.2) is 5.75 Å². The lowest BCUT2D eigenvalue weighted by molar-refractivity contribution is -0.138. The van der Waals surface area contributed by atoms with Gasteiger partial charge in [0.05, 0.1) is 11.8 Å². The lowest BCUT2D eigenvalue weighted by Gasteiger charge is -2.09. The molecule has 0 radical (unpaired) electrons. The van der Waals surface area contributed by atoms with Gasteiger partial charge in [-0.05, 0) is 18.2 Å². The molecule has 0 aliphatic rings. The molecule has 0 fully saturated rings. The lowest BCUT2D eigenvalue weighted by atomic mass is 10.1. The quantitative estimate of drug-likeness (QED) is 0.690. The number of carboxylic acid groups (broad SMARTS) is 1. The van der Waals surface area contributed by atoms with Crippen molar-refractivity contribution in [2.24, 2.45) is 5.16 Å². The molecule has 1 N–H and O–H groups in total. The van der Waals surface area contributed by atoms with Crippen LogP contribution in [-0.4, -0.2) is 17.3 Å². The Morgan fingerprint density at radius 3 is 2.41 bits per heavy atom. The van der Waals surface area contributed by atoms with Crippen LogP contribution in [0, 0.1) is 0 Å². The molecule has 4 nitrogen and oxygen atoms in total. The monoisotopic (exact) mass is 309 g/mol. The maximum absolute atomic E-state index is 12.8. The summed E-state index contributed by atoms with van der Waals surface area (Å²) >= 11 is 0. The second-order valence-corrected chi connectivity index (χ2v) is 4.21. The molecule has 2 aromatic rings. The molecule has 2 rings (SSSR count). The van der Waals surface area contributed by atoms with Crippen LogP contribution in [0.25, 0.3) is 0 Å². The third kappa shape index (κ3) is 3.63. The maximum atomic E-state index is 12.8. The molecule has 0 heterocycles. The molecule has 0 aliphatic carbocycles. The number of nitrogens with zero attached hydrogens (tertiary/aromatic N) is 1. The highest BCUT2D eigenvalue weighted by molar-refractivity contribution is 5.98. The number of alkyl halides is 3. The molecule has 0 bridgehead atoms. The Morgan fingerprint density at radius 1 is 1.09 bits per heavy atom. The van der Waals surface area contributed by atoms with Crippen molar-refractivity contribution in [3.05, 3.63) is 65.2 Å². The van der Waals surface area contributed by atoms with Crippen molar-refractivity contribution in [1.82, 2.24) is 0 Å². The highest BCUT2D eigenvalue weighted by Gasteiger charge is 2.34. The van der Waals surface area contributed by atoms with Crippen LogP contribution >= 0.6 is 0 Å². The van der Waals surface area contributed by atoms with Crippen LogP contribution in [0.3, 0.4) is 0 Å². The fourth-order valence-electron chi connectivity index (χ4n) is 1.72. The topological polar surface area (TPSA) is 58.9 Å². The molecular weight excluding hydrogens is 299 g/mol. The van der Waals surface area contributed by atoms with Crippen LogP contribution in [0.15, 0.2) is 53.7 Å². The van der Waals surface area contributed by atoms with Crippen molar-refractivity contribution in [2.75, 3.05) is 0 Å². The molecule has 22 heavy (non-hydrogen) atoms. The zero-order chi connectivity index (χ0) is 16.2. The number of carbonyl (C=O) groups is 1. The van der Waals surface area contributed by atoms with E-state index < -0.39 is 23.5 Å². The number of rotatable bonds is 4. The second kappa shape index (κ2) is 6.30. The summed E-state index contributed by atoms with van der Waals surface area (Å²) in [5.74, 6) is -1.63. The summed E-state index contributed by atoms with van der Waals surface area (Å²) in [6.45, 7) is 0. The van der Waals surface area contributed by atoms with E-state index in [1.165, 1.54) is 30.3 Å². The number of para-hydroxylation sites is 1. The minimum absolute atomic E-state index is 0.0287. The van der Waals surface area contributed by atoms with E-state index in [9.17, 15) is 18.0 Å². The van der Waals surface area contributed by atoms with Gasteiger partial charge in [-0.15, -0.1) is 0 Å². The van der Waals surface area contributed by atoms with Gasteiger partial charge in [-0.2, -0.15) is 13.2 Å². The largest absolute Gasteiger partial charge is 0.478 e. The average molecular weight is 309 g/mol. The summed E-state index contributed by atoms with van der Waals surface area (Å²) in [6, 6.07) is 10.5. The first kappa shape index (κ1) is 15.6. The van der Waals surface area contributed by atoms with Crippen molar-refractivity contribution in [1.29, 1.82) is 0 Å². The van der Waals surface area contributed by atoms with Crippen molar-refractivity contribution >= 4 is 12.2 Å². The number of oxime groups is 1. The molecule has 0 aliphatic heterocycles. The predicted molar refractivity (Wildman–Crippen MR) is 73.1 cm³/mol. The van der Waals surface area contributed by atoms with E-state index >= 15 is 0 Å². The Morgan fingerprint density at radius 2 is 1.73 bits per heavy atom. The zero-order valence-corrected chi connectivity index (χ0v) is 11.0. The van der Waals surface area contributed by atoms with Crippen molar-refractivity contribution in [2.45, 2.75) is 6.18 Å². The number of halogens is 3. The highest BCUT2D eigenvalue weighted by atomic mass is 19.4. The fraction of sp³-hybridized carbons (Fsp3) is 0.0667. The summed E-state index contributed by atoms with van der Waals surface area (Å²) in [5, 5.41) is 12.4. The zero-order valence-electron chi connectivity index (χ0n) is 11.0. The molecule has 114 valence electrons. The highest BCUT2D eigenvalue weighted by Crippen LogP contribution is 2.35. The van der Waals surface area contributed by atoms with Gasteiger partial charge in [0.25, 0.3) is 0 Å². The second-order valence-electron chi connectivity index (χ2n) is 4.21. The minimum atomic E-state index is -4.56. The van der Waals surface area contributed by atoms with Crippen LogP contribution in [0.4, 0.5) is 13.2 Å². The summed E-state index contributed by atoms with van der Waals surface area (Å²) in [6.07, 6.45) is -3.51.